The van der Waals surface area contributed by atoms with E-state index in [1.54, 1.807) is 72.8 Å². The van der Waals surface area contributed by atoms with Crippen molar-refractivity contribution in [2.75, 3.05) is 17.3 Å². The third-order valence-corrected chi connectivity index (χ3v) is 5.01. The number of carbonyl (C=O) groups is 3. The van der Waals surface area contributed by atoms with Gasteiger partial charge in [0.2, 0.25) is 5.91 Å². The summed E-state index contributed by atoms with van der Waals surface area (Å²) in [5.41, 5.74) is 2.21. The zero-order chi connectivity index (χ0) is 22.0. The monoisotopic (exact) mass is 432 g/mol. The third kappa shape index (κ3) is 4.06. The molecule has 0 atom stereocenters. The van der Waals surface area contributed by atoms with Gasteiger partial charge in [0.15, 0.2) is 0 Å². The molecule has 3 aromatic carbocycles. The van der Waals surface area contributed by atoms with Crippen molar-refractivity contribution >= 4 is 46.8 Å². The quantitative estimate of drug-likeness (QED) is 0.464. The maximum atomic E-state index is 12.7. The summed E-state index contributed by atoms with van der Waals surface area (Å²) in [5, 5.41) is 3.25. The number of anilines is 2. The van der Waals surface area contributed by atoms with Crippen LogP contribution in [0, 0.1) is 0 Å². The number of amides is 3. The van der Waals surface area contributed by atoms with Crippen molar-refractivity contribution in [3.63, 3.8) is 0 Å². The fraction of sp³-hybridized carbons (Fsp3) is 0.0417. The lowest BCUT2D eigenvalue weighted by atomic mass is 10.1. The highest BCUT2D eigenvalue weighted by molar-refractivity contribution is 6.34. The van der Waals surface area contributed by atoms with E-state index in [0.717, 1.165) is 4.90 Å². The lowest BCUT2D eigenvalue weighted by molar-refractivity contribution is -0.111. The Labute approximate surface area is 183 Å². The molecule has 1 aliphatic heterocycles. The van der Waals surface area contributed by atoms with Crippen molar-refractivity contribution in [1.29, 1.82) is 0 Å². The van der Waals surface area contributed by atoms with Gasteiger partial charge >= 0.3 is 0 Å². The fourth-order valence-electron chi connectivity index (χ4n) is 3.33. The average Bonchev–Trinajstić information content (AvgIpc) is 3.03. The number of ether oxygens (including phenoxy) is 1. The number of nitrogens with zero attached hydrogens (tertiary/aromatic N) is 1. The van der Waals surface area contributed by atoms with Crippen LogP contribution in [0.25, 0.3) is 6.08 Å². The number of fused-ring (bicyclic) bond motifs is 1. The molecule has 6 nitrogen and oxygen atoms in total. The van der Waals surface area contributed by atoms with Crippen LogP contribution < -0.4 is 15.0 Å². The van der Waals surface area contributed by atoms with E-state index < -0.39 is 11.8 Å². The molecule has 4 rings (SSSR count). The molecule has 0 unspecified atom stereocenters. The molecule has 0 saturated heterocycles. The van der Waals surface area contributed by atoms with Crippen LogP contribution in [0.2, 0.25) is 5.02 Å². The third-order valence-electron chi connectivity index (χ3n) is 4.77. The minimum absolute atomic E-state index is 0.361. The van der Waals surface area contributed by atoms with Crippen LogP contribution in [0.15, 0.2) is 72.8 Å². The van der Waals surface area contributed by atoms with E-state index in [1.165, 1.54) is 13.2 Å². The highest BCUT2D eigenvalue weighted by Crippen LogP contribution is 2.30. The summed E-state index contributed by atoms with van der Waals surface area (Å²) in [6.07, 6.45) is 2.94. The average molecular weight is 433 g/mol. The van der Waals surface area contributed by atoms with Crippen molar-refractivity contribution in [3.05, 3.63) is 94.5 Å². The number of hydrogen-bond acceptors (Lipinski definition) is 4. The van der Waals surface area contributed by atoms with Crippen LogP contribution >= 0.6 is 11.6 Å². The molecule has 154 valence electrons. The molecule has 31 heavy (non-hydrogen) atoms. The van der Waals surface area contributed by atoms with E-state index in [9.17, 15) is 14.4 Å². The van der Waals surface area contributed by atoms with E-state index in [4.69, 9.17) is 16.3 Å². The minimum atomic E-state index is -0.392. The Morgan fingerprint density at radius 1 is 0.968 bits per heavy atom. The molecule has 1 aliphatic rings. The van der Waals surface area contributed by atoms with Gasteiger partial charge in [0, 0.05) is 22.3 Å². The topological polar surface area (TPSA) is 75.7 Å². The number of nitrogens with one attached hydrogen (secondary N) is 1. The first-order valence-corrected chi connectivity index (χ1v) is 9.76. The molecule has 3 amide bonds. The first-order chi connectivity index (χ1) is 15.0. The standard InChI is InChI=1S/C24H17ClN2O4/c1-31-21-11-10-16(25)13-15(21)9-12-22(28)26-17-5-4-6-18(14-17)27-23(29)19-7-2-3-8-20(19)24(27)30/h2-14H,1H3,(H,26,28)/b12-9+. The Kier molecular flexibility index (Phi) is 5.56. The van der Waals surface area contributed by atoms with Crippen molar-refractivity contribution < 1.29 is 19.1 Å². The second kappa shape index (κ2) is 8.45. The lowest BCUT2D eigenvalue weighted by Crippen LogP contribution is -2.29. The molecular formula is C24H17ClN2O4. The normalized spacial score (nSPS) is 12.9. The summed E-state index contributed by atoms with van der Waals surface area (Å²) in [5.74, 6) is -0.586. The lowest BCUT2D eigenvalue weighted by Gasteiger charge is -2.15. The predicted molar refractivity (Wildman–Crippen MR) is 120 cm³/mol. The van der Waals surface area contributed by atoms with Crippen molar-refractivity contribution in [1.82, 2.24) is 0 Å². The Morgan fingerprint density at radius 2 is 1.68 bits per heavy atom. The molecular weight excluding hydrogens is 416 g/mol. The molecule has 0 aromatic heterocycles. The van der Waals surface area contributed by atoms with Gasteiger partial charge in [-0.05, 0) is 54.6 Å². The number of hydrogen-bond donors (Lipinski definition) is 1. The molecule has 1 N–H and O–H groups in total. The summed E-state index contributed by atoms with van der Waals surface area (Å²) in [4.78, 5) is 38.8. The molecule has 0 fully saturated rings. The summed E-state index contributed by atoms with van der Waals surface area (Å²) >= 11 is 6.01. The van der Waals surface area contributed by atoms with Gasteiger partial charge in [0.1, 0.15) is 5.75 Å². The van der Waals surface area contributed by atoms with Crippen molar-refractivity contribution in [2.24, 2.45) is 0 Å². The van der Waals surface area contributed by atoms with Crippen LogP contribution in [0.3, 0.4) is 0 Å². The Morgan fingerprint density at radius 3 is 2.35 bits per heavy atom. The zero-order valence-electron chi connectivity index (χ0n) is 16.5. The first kappa shape index (κ1) is 20.4. The predicted octanol–water partition coefficient (Wildman–Crippen LogP) is 4.80. The SMILES string of the molecule is COc1ccc(Cl)cc1/C=C/C(=O)Nc1cccc(N2C(=O)c3ccccc3C2=O)c1. The second-order valence-corrected chi connectivity index (χ2v) is 7.19. The molecule has 3 aromatic rings. The molecule has 0 spiro atoms. The summed E-state index contributed by atoms with van der Waals surface area (Å²) in [6.45, 7) is 0. The van der Waals surface area contributed by atoms with Gasteiger partial charge in [-0.3, -0.25) is 14.4 Å². The van der Waals surface area contributed by atoms with Crippen LogP contribution in [-0.4, -0.2) is 24.8 Å². The summed E-state index contributed by atoms with van der Waals surface area (Å²) in [7, 11) is 1.53. The Balaban J connectivity index is 1.52. The van der Waals surface area contributed by atoms with Crippen molar-refractivity contribution in [2.45, 2.75) is 0 Å². The van der Waals surface area contributed by atoms with Gasteiger partial charge in [-0.25, -0.2) is 4.90 Å². The number of benzene rings is 3. The Hall–Kier alpha value is -3.90. The molecule has 0 aliphatic carbocycles. The van der Waals surface area contributed by atoms with Gasteiger partial charge in [0.25, 0.3) is 11.8 Å². The molecule has 0 saturated carbocycles. The van der Waals surface area contributed by atoms with Crippen LogP contribution in [0.5, 0.6) is 5.75 Å². The van der Waals surface area contributed by atoms with E-state index >= 15 is 0 Å². The zero-order valence-corrected chi connectivity index (χ0v) is 17.2. The highest BCUT2D eigenvalue weighted by atomic mass is 35.5. The number of methoxy groups -OCH3 is 1. The molecule has 0 bridgehead atoms. The molecule has 0 radical (unpaired) electrons. The minimum Gasteiger partial charge on any atom is -0.496 e. The van der Waals surface area contributed by atoms with Crippen LogP contribution in [0.1, 0.15) is 26.3 Å². The maximum absolute atomic E-state index is 12.7. The number of imide groups is 1. The van der Waals surface area contributed by atoms with Crippen LogP contribution in [-0.2, 0) is 4.79 Å². The van der Waals surface area contributed by atoms with E-state index in [0.29, 0.717) is 38.8 Å². The van der Waals surface area contributed by atoms with Crippen LogP contribution in [0.4, 0.5) is 11.4 Å². The number of carbonyl (C=O) groups excluding carboxylic acids is 3. The highest BCUT2D eigenvalue weighted by Gasteiger charge is 2.36. The van der Waals surface area contributed by atoms with E-state index in [2.05, 4.69) is 5.32 Å². The van der Waals surface area contributed by atoms with Gasteiger partial charge in [-0.2, -0.15) is 0 Å². The van der Waals surface area contributed by atoms with Gasteiger partial charge < -0.3 is 10.1 Å². The van der Waals surface area contributed by atoms with E-state index in [1.807, 2.05) is 0 Å². The van der Waals surface area contributed by atoms with Gasteiger partial charge in [-0.15, -0.1) is 0 Å². The maximum Gasteiger partial charge on any atom is 0.266 e. The summed E-state index contributed by atoms with van der Waals surface area (Å²) < 4.78 is 5.26. The van der Waals surface area contributed by atoms with Crippen molar-refractivity contribution in [3.8, 4) is 5.75 Å². The smallest absolute Gasteiger partial charge is 0.266 e. The fourth-order valence-corrected chi connectivity index (χ4v) is 3.51. The Bertz CT molecular complexity index is 1200. The molecule has 7 heteroatoms. The molecule has 1 heterocycles. The number of rotatable bonds is 5. The van der Waals surface area contributed by atoms with Gasteiger partial charge in [-0.1, -0.05) is 29.8 Å². The van der Waals surface area contributed by atoms with E-state index in [-0.39, 0.29) is 5.91 Å². The summed E-state index contributed by atoms with van der Waals surface area (Å²) in [6, 6.07) is 18.3. The second-order valence-electron chi connectivity index (χ2n) is 6.75. The first-order valence-electron chi connectivity index (χ1n) is 9.38. The number of halogens is 1. The largest absolute Gasteiger partial charge is 0.496 e. The van der Waals surface area contributed by atoms with Gasteiger partial charge in [0.05, 0.1) is 23.9 Å².